The number of phenols is 1. The summed E-state index contributed by atoms with van der Waals surface area (Å²) in [5, 5.41) is 11.4. The number of amides is 1. The lowest BCUT2D eigenvalue weighted by molar-refractivity contribution is -0.119. The number of phenolic OH excluding ortho intramolecular Hbond substituents is 1. The van der Waals surface area contributed by atoms with Gasteiger partial charge in [-0.3, -0.25) is 4.79 Å². The van der Waals surface area contributed by atoms with Gasteiger partial charge in [-0.15, -0.1) is 0 Å². The van der Waals surface area contributed by atoms with Crippen LogP contribution in [0.3, 0.4) is 0 Å². The van der Waals surface area contributed by atoms with Crippen molar-refractivity contribution in [1.29, 1.82) is 0 Å². The molecule has 0 spiro atoms. The molecule has 2 aromatic rings. The zero-order valence-corrected chi connectivity index (χ0v) is 11.2. The van der Waals surface area contributed by atoms with Crippen LogP contribution in [-0.2, 0) is 9.53 Å². The second-order valence-corrected chi connectivity index (χ2v) is 4.24. The van der Waals surface area contributed by atoms with Crippen LogP contribution >= 0.6 is 0 Å². The van der Waals surface area contributed by atoms with Gasteiger partial charge in [-0.1, -0.05) is 18.2 Å². The topological polar surface area (TPSA) is 75.6 Å². The number of anilines is 1. The Balaban J connectivity index is 1.96. The molecule has 0 aliphatic heterocycles. The number of hydrogen-bond donors (Lipinski definition) is 2. The lowest BCUT2D eigenvalue weighted by Gasteiger charge is -2.08. The molecule has 0 radical (unpaired) electrons. The second-order valence-electron chi connectivity index (χ2n) is 4.24. The summed E-state index contributed by atoms with van der Waals surface area (Å²) in [7, 11) is 0. The van der Waals surface area contributed by atoms with Crippen LogP contribution in [0.4, 0.5) is 14.5 Å². The molecule has 0 aromatic heterocycles. The average Bonchev–Trinajstić information content (AvgIpc) is 2.49. The Labute approximate surface area is 124 Å². The summed E-state index contributed by atoms with van der Waals surface area (Å²) < 4.78 is 31.3. The van der Waals surface area contributed by atoms with E-state index in [-0.39, 0.29) is 11.3 Å². The third-order valence-electron chi connectivity index (χ3n) is 2.69. The number of para-hydroxylation sites is 2. The van der Waals surface area contributed by atoms with Gasteiger partial charge in [0.2, 0.25) is 0 Å². The molecule has 0 bridgehead atoms. The van der Waals surface area contributed by atoms with Crippen molar-refractivity contribution in [1.82, 2.24) is 0 Å². The first-order valence-corrected chi connectivity index (χ1v) is 6.18. The number of rotatable bonds is 4. The molecule has 0 saturated heterocycles. The van der Waals surface area contributed by atoms with Gasteiger partial charge in [0.15, 0.2) is 6.61 Å². The molecule has 0 atom stereocenters. The minimum Gasteiger partial charge on any atom is -0.507 e. The van der Waals surface area contributed by atoms with Gasteiger partial charge in [-0.2, -0.15) is 0 Å². The number of carbonyl (C=O) groups excluding carboxylic acids is 2. The van der Waals surface area contributed by atoms with E-state index in [4.69, 9.17) is 0 Å². The highest BCUT2D eigenvalue weighted by Crippen LogP contribution is 2.18. The third-order valence-corrected chi connectivity index (χ3v) is 2.69. The van der Waals surface area contributed by atoms with E-state index in [0.29, 0.717) is 0 Å². The predicted octanol–water partition coefficient (Wildman–Crippen LogP) is 2.47. The van der Waals surface area contributed by atoms with Crippen molar-refractivity contribution in [3.05, 3.63) is 59.7 Å². The zero-order valence-electron chi connectivity index (χ0n) is 11.2. The van der Waals surface area contributed by atoms with Crippen LogP contribution in [0.1, 0.15) is 10.4 Å². The van der Waals surface area contributed by atoms with Crippen molar-refractivity contribution in [3.8, 4) is 5.75 Å². The van der Waals surface area contributed by atoms with Crippen LogP contribution in [-0.4, -0.2) is 23.6 Å². The fraction of sp³-hybridized carbons (Fsp3) is 0.0667. The van der Waals surface area contributed by atoms with E-state index >= 15 is 0 Å². The Morgan fingerprint density at radius 1 is 1.05 bits per heavy atom. The summed E-state index contributed by atoms with van der Waals surface area (Å²) >= 11 is 0. The van der Waals surface area contributed by atoms with Gasteiger partial charge in [0, 0.05) is 0 Å². The molecule has 0 aliphatic rings. The SMILES string of the molecule is O=C(COC(=O)c1ccccc1O)Nc1c(F)cccc1F. The number of hydrogen-bond acceptors (Lipinski definition) is 4. The van der Waals surface area contributed by atoms with E-state index < -0.39 is 35.8 Å². The Bertz CT molecular complexity index is 698. The molecule has 0 heterocycles. The van der Waals surface area contributed by atoms with Crippen LogP contribution in [0.2, 0.25) is 0 Å². The number of ether oxygens (including phenoxy) is 1. The lowest BCUT2D eigenvalue weighted by Crippen LogP contribution is -2.22. The summed E-state index contributed by atoms with van der Waals surface area (Å²) in [5.74, 6) is -4.02. The van der Waals surface area contributed by atoms with Gasteiger partial charge in [-0.25, -0.2) is 13.6 Å². The molecule has 0 aliphatic carbocycles. The summed E-state index contributed by atoms with van der Waals surface area (Å²) in [5.41, 5.74) is -0.738. The highest BCUT2D eigenvalue weighted by atomic mass is 19.1. The fourth-order valence-corrected chi connectivity index (χ4v) is 1.65. The normalized spacial score (nSPS) is 10.1. The Morgan fingerprint density at radius 2 is 1.68 bits per heavy atom. The maximum Gasteiger partial charge on any atom is 0.342 e. The fourth-order valence-electron chi connectivity index (χ4n) is 1.65. The van der Waals surface area contributed by atoms with Crippen molar-refractivity contribution < 1.29 is 28.2 Å². The summed E-state index contributed by atoms with van der Waals surface area (Å²) in [6, 6.07) is 8.72. The molecule has 0 fully saturated rings. The highest BCUT2D eigenvalue weighted by Gasteiger charge is 2.16. The Kier molecular flexibility index (Phi) is 4.67. The highest BCUT2D eigenvalue weighted by molar-refractivity contribution is 5.96. The first-order chi connectivity index (χ1) is 10.5. The van der Waals surface area contributed by atoms with Crippen molar-refractivity contribution in [3.63, 3.8) is 0 Å². The number of benzene rings is 2. The van der Waals surface area contributed by atoms with E-state index in [1.54, 1.807) is 0 Å². The average molecular weight is 307 g/mol. The van der Waals surface area contributed by atoms with Crippen molar-refractivity contribution >= 4 is 17.6 Å². The van der Waals surface area contributed by atoms with Crippen molar-refractivity contribution in [2.75, 3.05) is 11.9 Å². The maximum absolute atomic E-state index is 13.3. The van der Waals surface area contributed by atoms with E-state index in [0.717, 1.165) is 18.2 Å². The van der Waals surface area contributed by atoms with Crippen LogP contribution in [0.5, 0.6) is 5.75 Å². The van der Waals surface area contributed by atoms with E-state index in [1.807, 2.05) is 5.32 Å². The number of nitrogens with one attached hydrogen (secondary N) is 1. The number of esters is 1. The molecule has 0 saturated carbocycles. The van der Waals surface area contributed by atoms with Gasteiger partial charge in [-0.05, 0) is 24.3 Å². The number of carbonyl (C=O) groups is 2. The molecule has 0 unspecified atom stereocenters. The van der Waals surface area contributed by atoms with E-state index in [2.05, 4.69) is 4.74 Å². The smallest absolute Gasteiger partial charge is 0.342 e. The maximum atomic E-state index is 13.3. The van der Waals surface area contributed by atoms with Crippen LogP contribution in [0.25, 0.3) is 0 Å². The molecule has 22 heavy (non-hydrogen) atoms. The number of halogens is 2. The molecule has 2 N–H and O–H groups in total. The van der Waals surface area contributed by atoms with Gasteiger partial charge in [0.05, 0.1) is 0 Å². The first kappa shape index (κ1) is 15.4. The zero-order chi connectivity index (χ0) is 16.1. The molecule has 2 rings (SSSR count). The largest absolute Gasteiger partial charge is 0.507 e. The molecule has 1 amide bonds. The van der Waals surface area contributed by atoms with Gasteiger partial charge < -0.3 is 15.2 Å². The third kappa shape index (κ3) is 3.57. The summed E-state index contributed by atoms with van der Waals surface area (Å²) in [6.07, 6.45) is 0. The number of aromatic hydroxyl groups is 1. The van der Waals surface area contributed by atoms with Gasteiger partial charge >= 0.3 is 5.97 Å². The summed E-state index contributed by atoms with van der Waals surface area (Å²) in [4.78, 5) is 23.2. The first-order valence-electron chi connectivity index (χ1n) is 6.18. The lowest BCUT2D eigenvalue weighted by atomic mass is 10.2. The minimum absolute atomic E-state index is 0.118. The molecular weight excluding hydrogens is 296 g/mol. The second kappa shape index (κ2) is 6.66. The van der Waals surface area contributed by atoms with E-state index in [1.165, 1.54) is 24.3 Å². The Morgan fingerprint density at radius 3 is 2.32 bits per heavy atom. The van der Waals surface area contributed by atoms with Crippen molar-refractivity contribution in [2.24, 2.45) is 0 Å². The molecular formula is C15H11F2NO4. The minimum atomic E-state index is -0.944. The monoisotopic (exact) mass is 307 g/mol. The molecule has 7 heteroatoms. The van der Waals surface area contributed by atoms with Gasteiger partial charge in [0.25, 0.3) is 5.91 Å². The quantitative estimate of drug-likeness (QED) is 0.851. The van der Waals surface area contributed by atoms with E-state index in [9.17, 15) is 23.5 Å². The van der Waals surface area contributed by atoms with Crippen molar-refractivity contribution in [2.45, 2.75) is 0 Å². The Hall–Kier alpha value is -2.96. The van der Waals surface area contributed by atoms with Crippen LogP contribution in [0.15, 0.2) is 42.5 Å². The van der Waals surface area contributed by atoms with Crippen LogP contribution < -0.4 is 5.32 Å². The van der Waals surface area contributed by atoms with Crippen LogP contribution in [0, 0.1) is 11.6 Å². The van der Waals surface area contributed by atoms with Gasteiger partial charge in [0.1, 0.15) is 28.6 Å². The predicted molar refractivity (Wildman–Crippen MR) is 73.4 cm³/mol. The summed E-state index contributed by atoms with van der Waals surface area (Å²) in [6.45, 7) is -0.749. The molecule has 2 aromatic carbocycles. The molecule has 114 valence electrons. The standard InChI is InChI=1S/C15H11F2NO4/c16-10-5-3-6-11(17)14(10)18-13(20)8-22-15(21)9-4-1-2-7-12(9)19/h1-7,19H,8H2,(H,18,20). The molecule has 5 nitrogen and oxygen atoms in total.